The van der Waals surface area contributed by atoms with Crippen molar-refractivity contribution in [2.45, 2.75) is 38.3 Å². The molecule has 0 bridgehead atoms. The van der Waals surface area contributed by atoms with Gasteiger partial charge in [-0.25, -0.2) is 15.0 Å². The van der Waals surface area contributed by atoms with Gasteiger partial charge >= 0.3 is 0 Å². The first kappa shape index (κ1) is 15.6. The molecule has 1 saturated heterocycles. The van der Waals surface area contributed by atoms with E-state index in [1.165, 1.54) is 18.4 Å². The van der Waals surface area contributed by atoms with Gasteiger partial charge in [-0.3, -0.25) is 0 Å². The van der Waals surface area contributed by atoms with Gasteiger partial charge < -0.3 is 14.2 Å². The molecule has 0 N–H and O–H groups in total. The van der Waals surface area contributed by atoms with Crippen molar-refractivity contribution in [3.63, 3.8) is 0 Å². The first-order valence-corrected chi connectivity index (χ1v) is 9.32. The summed E-state index contributed by atoms with van der Waals surface area (Å²) in [7, 11) is 1.71. The molecule has 0 radical (unpaired) electrons. The average molecular weight is 349 g/mol. The molecule has 26 heavy (non-hydrogen) atoms. The minimum Gasteiger partial charge on any atom is -0.497 e. The van der Waals surface area contributed by atoms with Gasteiger partial charge in [-0.2, -0.15) is 0 Å². The topological polar surface area (TPSA) is 56.1 Å². The summed E-state index contributed by atoms with van der Waals surface area (Å²) in [6, 6.07) is 9.22. The quantitative estimate of drug-likeness (QED) is 0.718. The van der Waals surface area contributed by atoms with E-state index in [0.717, 1.165) is 35.7 Å². The third kappa shape index (κ3) is 2.52. The van der Waals surface area contributed by atoms with Crippen LogP contribution in [-0.4, -0.2) is 33.2 Å². The molecule has 2 aromatic heterocycles. The summed E-state index contributed by atoms with van der Waals surface area (Å²) in [6.45, 7) is 3.28. The van der Waals surface area contributed by atoms with E-state index in [-0.39, 0.29) is 6.04 Å². The van der Waals surface area contributed by atoms with E-state index < -0.39 is 0 Å². The Hall–Kier alpha value is -2.63. The molecule has 1 saturated carbocycles. The molecule has 5 rings (SSSR count). The molecule has 3 heterocycles. The fourth-order valence-corrected chi connectivity index (χ4v) is 4.11. The number of methoxy groups -OCH3 is 1. The molecule has 2 fully saturated rings. The molecule has 134 valence electrons. The third-order valence-corrected chi connectivity index (χ3v) is 5.54. The Bertz CT molecular complexity index is 948. The largest absolute Gasteiger partial charge is 0.497 e. The zero-order valence-corrected chi connectivity index (χ0v) is 15.2. The van der Waals surface area contributed by atoms with Crippen LogP contribution in [0.1, 0.15) is 43.8 Å². The Balaban J connectivity index is 1.58. The monoisotopic (exact) mass is 349 g/mol. The van der Waals surface area contributed by atoms with E-state index in [2.05, 4.69) is 49.5 Å². The van der Waals surface area contributed by atoms with Gasteiger partial charge in [0, 0.05) is 12.6 Å². The molecule has 6 heteroatoms. The number of nitrogens with zero attached hydrogens (tertiary/aromatic N) is 5. The lowest BCUT2D eigenvalue weighted by molar-refractivity contribution is 0.413. The molecule has 1 aliphatic carbocycles. The molecular weight excluding hydrogens is 326 g/mol. The number of ether oxygens (including phenoxy) is 1. The summed E-state index contributed by atoms with van der Waals surface area (Å²) in [5.41, 5.74) is 3.14. The van der Waals surface area contributed by atoms with Crippen molar-refractivity contribution in [1.29, 1.82) is 0 Å². The number of hydrogen-bond donors (Lipinski definition) is 0. The Morgan fingerprint density at radius 3 is 2.85 bits per heavy atom. The van der Waals surface area contributed by atoms with Crippen LogP contribution in [0.2, 0.25) is 0 Å². The van der Waals surface area contributed by atoms with Crippen molar-refractivity contribution < 1.29 is 4.74 Å². The van der Waals surface area contributed by atoms with E-state index in [1.54, 1.807) is 13.4 Å². The molecule has 6 nitrogen and oxygen atoms in total. The SMILES string of the molecule is COc1cccc(C2CC(C)CN2c2ncnc3c2ncn3C2CC2)c1. The first-order valence-electron chi connectivity index (χ1n) is 9.32. The summed E-state index contributed by atoms with van der Waals surface area (Å²) in [5, 5.41) is 0. The summed E-state index contributed by atoms with van der Waals surface area (Å²) >= 11 is 0. The first-order chi connectivity index (χ1) is 12.7. The number of hydrogen-bond acceptors (Lipinski definition) is 5. The number of rotatable bonds is 4. The smallest absolute Gasteiger partial charge is 0.165 e. The third-order valence-electron chi connectivity index (χ3n) is 5.54. The predicted octanol–water partition coefficient (Wildman–Crippen LogP) is 3.76. The lowest BCUT2D eigenvalue weighted by Crippen LogP contribution is -2.24. The zero-order chi connectivity index (χ0) is 17.7. The maximum atomic E-state index is 5.43. The van der Waals surface area contributed by atoms with Gasteiger partial charge in [0.1, 0.15) is 12.1 Å². The zero-order valence-electron chi connectivity index (χ0n) is 15.2. The molecule has 1 aromatic carbocycles. The molecule has 0 spiro atoms. The van der Waals surface area contributed by atoms with Gasteiger partial charge in [0.25, 0.3) is 0 Å². The second-order valence-electron chi connectivity index (χ2n) is 7.54. The number of imidazole rings is 1. The van der Waals surface area contributed by atoms with E-state index in [0.29, 0.717) is 12.0 Å². The van der Waals surface area contributed by atoms with Crippen molar-refractivity contribution in [3.8, 4) is 5.75 Å². The van der Waals surface area contributed by atoms with Crippen LogP contribution in [0.5, 0.6) is 5.75 Å². The van der Waals surface area contributed by atoms with Crippen LogP contribution in [0.25, 0.3) is 11.2 Å². The van der Waals surface area contributed by atoms with Crippen molar-refractivity contribution in [1.82, 2.24) is 19.5 Å². The number of aromatic nitrogens is 4. The lowest BCUT2D eigenvalue weighted by Gasteiger charge is -2.26. The van der Waals surface area contributed by atoms with E-state index >= 15 is 0 Å². The molecular formula is C20H23N5O. The molecule has 2 atom stereocenters. The van der Waals surface area contributed by atoms with Crippen LogP contribution < -0.4 is 9.64 Å². The molecule has 2 unspecified atom stereocenters. The Kier molecular flexibility index (Phi) is 3.58. The van der Waals surface area contributed by atoms with Gasteiger partial charge in [-0.15, -0.1) is 0 Å². The van der Waals surface area contributed by atoms with Crippen molar-refractivity contribution >= 4 is 17.0 Å². The van der Waals surface area contributed by atoms with Crippen LogP contribution >= 0.6 is 0 Å². The van der Waals surface area contributed by atoms with Gasteiger partial charge in [-0.05, 0) is 42.9 Å². The standard InChI is InChI=1S/C20H23N5O/c1-13-8-17(14-4-3-5-16(9-14)26-2)24(10-13)19-18-20(22-11-21-19)25(12-23-18)15-6-7-15/h3-5,9,11-13,15,17H,6-8,10H2,1-2H3. The minimum absolute atomic E-state index is 0.282. The van der Waals surface area contributed by atoms with Crippen molar-refractivity contribution in [2.24, 2.45) is 5.92 Å². The van der Waals surface area contributed by atoms with Crippen LogP contribution in [0.3, 0.4) is 0 Å². The minimum atomic E-state index is 0.282. The van der Waals surface area contributed by atoms with Crippen molar-refractivity contribution in [2.75, 3.05) is 18.6 Å². The van der Waals surface area contributed by atoms with Gasteiger partial charge in [-0.1, -0.05) is 19.1 Å². The van der Waals surface area contributed by atoms with Crippen LogP contribution in [-0.2, 0) is 0 Å². The molecule has 1 aliphatic heterocycles. The lowest BCUT2D eigenvalue weighted by atomic mass is 10.0. The number of benzene rings is 1. The highest BCUT2D eigenvalue weighted by atomic mass is 16.5. The maximum absolute atomic E-state index is 5.43. The van der Waals surface area contributed by atoms with Crippen LogP contribution in [0.4, 0.5) is 5.82 Å². The Morgan fingerprint density at radius 1 is 1.15 bits per heavy atom. The Morgan fingerprint density at radius 2 is 2.04 bits per heavy atom. The molecule has 2 aliphatic rings. The van der Waals surface area contributed by atoms with Gasteiger partial charge in [0.15, 0.2) is 17.0 Å². The second-order valence-corrected chi connectivity index (χ2v) is 7.54. The second kappa shape index (κ2) is 5.97. The van der Waals surface area contributed by atoms with Gasteiger partial charge in [0.2, 0.25) is 0 Å². The highest BCUT2D eigenvalue weighted by Gasteiger charge is 2.34. The highest BCUT2D eigenvalue weighted by molar-refractivity contribution is 5.84. The molecule has 3 aromatic rings. The van der Waals surface area contributed by atoms with E-state index in [9.17, 15) is 0 Å². The number of anilines is 1. The Labute approximate surface area is 152 Å². The fraction of sp³-hybridized carbons (Fsp3) is 0.450. The summed E-state index contributed by atoms with van der Waals surface area (Å²) in [4.78, 5) is 16.2. The van der Waals surface area contributed by atoms with Crippen LogP contribution in [0, 0.1) is 5.92 Å². The summed E-state index contributed by atoms with van der Waals surface area (Å²) < 4.78 is 7.64. The van der Waals surface area contributed by atoms with E-state index in [1.807, 2.05) is 12.4 Å². The summed E-state index contributed by atoms with van der Waals surface area (Å²) in [5.74, 6) is 2.45. The highest BCUT2D eigenvalue weighted by Crippen LogP contribution is 2.42. The van der Waals surface area contributed by atoms with Gasteiger partial charge in [0.05, 0.1) is 19.5 Å². The van der Waals surface area contributed by atoms with Crippen molar-refractivity contribution in [3.05, 3.63) is 42.5 Å². The predicted molar refractivity (Wildman–Crippen MR) is 100 cm³/mol. The van der Waals surface area contributed by atoms with Crippen LogP contribution in [0.15, 0.2) is 36.9 Å². The molecule has 0 amide bonds. The maximum Gasteiger partial charge on any atom is 0.165 e. The fourth-order valence-electron chi connectivity index (χ4n) is 4.11. The average Bonchev–Trinajstić information content (AvgIpc) is 3.30. The normalized spacial score (nSPS) is 22.9. The van der Waals surface area contributed by atoms with E-state index in [4.69, 9.17) is 4.74 Å². The number of fused-ring (bicyclic) bond motifs is 1. The summed E-state index contributed by atoms with van der Waals surface area (Å²) in [6.07, 6.45) is 7.16.